The van der Waals surface area contributed by atoms with Crippen molar-refractivity contribution in [2.75, 3.05) is 19.3 Å². The van der Waals surface area contributed by atoms with Gasteiger partial charge in [-0.25, -0.2) is 27.2 Å². The second-order valence-corrected chi connectivity index (χ2v) is 7.98. The van der Waals surface area contributed by atoms with Crippen LogP contribution in [0.3, 0.4) is 0 Å². The molecule has 0 bridgehead atoms. The molecule has 4 amide bonds. The molecule has 0 aromatic carbocycles. The van der Waals surface area contributed by atoms with E-state index in [0.717, 1.165) is 16.7 Å². The molecule has 1 fully saturated rings. The topological polar surface area (TPSA) is 113 Å². The molecule has 0 atom stereocenters. The van der Waals surface area contributed by atoms with E-state index < -0.39 is 22.1 Å². The van der Waals surface area contributed by atoms with Crippen LogP contribution in [0.25, 0.3) is 11.3 Å². The Hall–Kier alpha value is -2.53. The minimum Gasteiger partial charge on any atom is -0.332 e. The number of hydrogen-bond acceptors (Lipinski definition) is 7. The lowest BCUT2D eigenvalue weighted by molar-refractivity contribution is 0.193. The first-order chi connectivity index (χ1) is 11.9. The molecule has 132 valence electrons. The van der Waals surface area contributed by atoms with Gasteiger partial charge < -0.3 is 5.32 Å². The van der Waals surface area contributed by atoms with Crippen LogP contribution in [0.15, 0.2) is 29.2 Å². The van der Waals surface area contributed by atoms with E-state index in [9.17, 15) is 18.0 Å². The standard InChI is InChI=1S/C14H15N5O4S2/c1-25(22,23)19-6-5-18(14(19)21)13(20)17-8-11-12(16-4-3-15-11)10-2-7-24-9-10/h2-4,7,9H,5-6,8H2,1H3,(H,17,20). The summed E-state index contributed by atoms with van der Waals surface area (Å²) in [7, 11) is -3.68. The van der Waals surface area contributed by atoms with Crippen molar-refractivity contribution in [3.05, 3.63) is 34.9 Å². The maximum absolute atomic E-state index is 12.2. The van der Waals surface area contributed by atoms with E-state index in [-0.39, 0.29) is 19.6 Å². The molecule has 0 radical (unpaired) electrons. The molecule has 2 aromatic rings. The Bertz CT molecular complexity index is 898. The van der Waals surface area contributed by atoms with E-state index in [0.29, 0.717) is 15.7 Å². The summed E-state index contributed by atoms with van der Waals surface area (Å²) in [5.74, 6) is 0. The van der Waals surface area contributed by atoms with Gasteiger partial charge in [-0.05, 0) is 11.4 Å². The fourth-order valence-corrected chi connectivity index (χ4v) is 3.84. The molecule has 1 aliphatic heterocycles. The summed E-state index contributed by atoms with van der Waals surface area (Å²) in [6.07, 6.45) is 4.01. The molecular weight excluding hydrogens is 366 g/mol. The lowest BCUT2D eigenvalue weighted by Crippen LogP contribution is -2.43. The number of carbonyl (C=O) groups is 2. The quantitative estimate of drug-likeness (QED) is 0.849. The highest BCUT2D eigenvalue weighted by Gasteiger charge is 2.38. The molecule has 0 saturated carbocycles. The van der Waals surface area contributed by atoms with Crippen molar-refractivity contribution in [2.24, 2.45) is 0 Å². The van der Waals surface area contributed by atoms with Crippen LogP contribution in [0.2, 0.25) is 0 Å². The van der Waals surface area contributed by atoms with Crippen LogP contribution in [0.4, 0.5) is 9.59 Å². The van der Waals surface area contributed by atoms with Crippen molar-refractivity contribution in [3.8, 4) is 11.3 Å². The number of sulfonamides is 1. The van der Waals surface area contributed by atoms with Gasteiger partial charge in [-0.3, -0.25) is 9.97 Å². The summed E-state index contributed by atoms with van der Waals surface area (Å²) in [4.78, 5) is 33.6. The van der Waals surface area contributed by atoms with E-state index in [1.165, 1.54) is 17.5 Å². The summed E-state index contributed by atoms with van der Waals surface area (Å²) < 4.78 is 23.7. The molecule has 1 aliphatic rings. The monoisotopic (exact) mass is 381 g/mol. The van der Waals surface area contributed by atoms with Gasteiger partial charge in [0.15, 0.2) is 0 Å². The number of rotatable bonds is 4. The van der Waals surface area contributed by atoms with E-state index >= 15 is 0 Å². The number of nitrogens with one attached hydrogen (secondary N) is 1. The Morgan fingerprint density at radius 2 is 2.08 bits per heavy atom. The first kappa shape index (κ1) is 17.3. The van der Waals surface area contributed by atoms with Crippen LogP contribution in [0.1, 0.15) is 5.69 Å². The maximum atomic E-state index is 12.2. The first-order valence-corrected chi connectivity index (χ1v) is 10.1. The van der Waals surface area contributed by atoms with Crippen LogP contribution in [0, 0.1) is 0 Å². The van der Waals surface area contributed by atoms with Crippen molar-refractivity contribution in [3.63, 3.8) is 0 Å². The van der Waals surface area contributed by atoms with Crippen LogP contribution in [-0.2, 0) is 16.6 Å². The number of nitrogens with zero attached hydrogens (tertiary/aromatic N) is 4. The fourth-order valence-electron chi connectivity index (χ4n) is 2.40. The van der Waals surface area contributed by atoms with Crippen molar-refractivity contribution in [2.45, 2.75) is 6.54 Å². The Morgan fingerprint density at radius 3 is 2.72 bits per heavy atom. The van der Waals surface area contributed by atoms with Crippen molar-refractivity contribution < 1.29 is 18.0 Å². The zero-order valence-corrected chi connectivity index (χ0v) is 14.9. The molecule has 25 heavy (non-hydrogen) atoms. The zero-order valence-electron chi connectivity index (χ0n) is 13.2. The summed E-state index contributed by atoms with van der Waals surface area (Å²) in [6.45, 7) is 0.0342. The highest BCUT2D eigenvalue weighted by atomic mass is 32.2. The molecule has 2 aromatic heterocycles. The van der Waals surface area contributed by atoms with Gasteiger partial charge in [-0.1, -0.05) is 0 Å². The summed E-state index contributed by atoms with van der Waals surface area (Å²) >= 11 is 1.52. The minimum atomic E-state index is -3.68. The summed E-state index contributed by atoms with van der Waals surface area (Å²) in [6, 6.07) is 0.379. The molecule has 0 spiro atoms. The predicted molar refractivity (Wildman–Crippen MR) is 91.2 cm³/mol. The zero-order chi connectivity index (χ0) is 18.0. The third-order valence-electron chi connectivity index (χ3n) is 3.59. The lowest BCUT2D eigenvalue weighted by Gasteiger charge is -2.16. The Labute approximate surface area is 148 Å². The van der Waals surface area contributed by atoms with E-state index in [4.69, 9.17) is 0 Å². The van der Waals surface area contributed by atoms with Crippen LogP contribution < -0.4 is 5.32 Å². The number of hydrogen-bond donors (Lipinski definition) is 1. The van der Waals surface area contributed by atoms with Crippen molar-refractivity contribution >= 4 is 33.4 Å². The molecule has 3 heterocycles. The minimum absolute atomic E-state index is 0.00952. The van der Waals surface area contributed by atoms with Gasteiger partial charge in [0.1, 0.15) is 0 Å². The molecular formula is C14H15N5O4S2. The fraction of sp³-hybridized carbons (Fsp3) is 0.286. The Balaban J connectivity index is 1.69. The van der Waals surface area contributed by atoms with Gasteiger partial charge >= 0.3 is 12.1 Å². The van der Waals surface area contributed by atoms with E-state index in [1.54, 1.807) is 6.20 Å². The number of urea groups is 2. The van der Waals surface area contributed by atoms with Crippen molar-refractivity contribution in [1.82, 2.24) is 24.5 Å². The molecule has 11 heteroatoms. The highest BCUT2D eigenvalue weighted by Crippen LogP contribution is 2.22. The van der Waals surface area contributed by atoms with E-state index in [2.05, 4.69) is 15.3 Å². The number of carbonyl (C=O) groups excluding carboxylic acids is 2. The molecule has 3 rings (SSSR count). The molecule has 1 N–H and O–H groups in total. The average Bonchev–Trinajstić information content (AvgIpc) is 3.22. The van der Waals surface area contributed by atoms with Gasteiger partial charge in [0.05, 0.1) is 37.3 Å². The smallest absolute Gasteiger partial charge is 0.332 e. The van der Waals surface area contributed by atoms with Gasteiger partial charge in [0, 0.05) is 23.3 Å². The maximum Gasteiger partial charge on any atom is 0.341 e. The SMILES string of the molecule is CS(=O)(=O)N1CCN(C(=O)NCc2nccnc2-c2ccsc2)C1=O. The molecule has 9 nitrogen and oxygen atoms in total. The number of thiophene rings is 1. The van der Waals surface area contributed by atoms with Crippen molar-refractivity contribution in [1.29, 1.82) is 0 Å². The molecule has 0 aliphatic carbocycles. The van der Waals surface area contributed by atoms with E-state index in [1.807, 2.05) is 16.8 Å². The number of amides is 4. The summed E-state index contributed by atoms with van der Waals surface area (Å²) in [5.41, 5.74) is 2.10. The van der Waals surface area contributed by atoms with Crippen LogP contribution >= 0.6 is 11.3 Å². The molecule has 0 unspecified atom stereocenters. The van der Waals surface area contributed by atoms with Crippen LogP contribution in [0.5, 0.6) is 0 Å². The van der Waals surface area contributed by atoms with Gasteiger partial charge in [-0.15, -0.1) is 0 Å². The third kappa shape index (κ3) is 3.61. The largest absolute Gasteiger partial charge is 0.341 e. The highest BCUT2D eigenvalue weighted by molar-refractivity contribution is 7.88. The Morgan fingerprint density at radius 1 is 1.32 bits per heavy atom. The van der Waals surface area contributed by atoms with Crippen LogP contribution in [-0.4, -0.2) is 59.0 Å². The second-order valence-electron chi connectivity index (χ2n) is 5.29. The third-order valence-corrected chi connectivity index (χ3v) is 5.41. The summed E-state index contributed by atoms with van der Waals surface area (Å²) in [5, 5.41) is 6.42. The number of imide groups is 1. The normalized spacial score (nSPS) is 14.8. The first-order valence-electron chi connectivity index (χ1n) is 7.27. The van der Waals surface area contributed by atoms with Gasteiger partial charge in [0.25, 0.3) is 0 Å². The predicted octanol–water partition coefficient (Wildman–Crippen LogP) is 1.11. The average molecular weight is 381 g/mol. The second kappa shape index (κ2) is 6.76. The number of aromatic nitrogens is 2. The lowest BCUT2D eigenvalue weighted by atomic mass is 10.2. The van der Waals surface area contributed by atoms with Gasteiger partial charge in [-0.2, -0.15) is 11.3 Å². The van der Waals surface area contributed by atoms with Gasteiger partial charge in [0.2, 0.25) is 10.0 Å². The molecule has 1 saturated heterocycles. The Kier molecular flexibility index (Phi) is 4.68.